The standard InChI is InChI=1S/C34H46N8O6/c35-24-8-10-25(11-9-24)40-16-18-41(19-17-40)34(47)37-15-2-4-21-48-20-3-1-14-36-22-31(44)38-28-7-5-6-26-27(28)23-42(33(26)46)29-12-13-30(43)39-32(29)45/h5-11,29,36H,1-4,12-23,35H2,(H,37,47)(H,38,44)(H,39,43,45). The molecular weight excluding hydrogens is 616 g/mol. The number of nitrogens with one attached hydrogen (secondary N) is 4. The molecule has 0 aromatic heterocycles. The first kappa shape index (κ1) is 34.6. The number of anilines is 3. The summed E-state index contributed by atoms with van der Waals surface area (Å²) in [5.41, 5.74) is 9.31. The van der Waals surface area contributed by atoms with Crippen molar-refractivity contribution in [1.82, 2.24) is 25.8 Å². The molecule has 14 nitrogen and oxygen atoms in total. The largest absolute Gasteiger partial charge is 0.399 e. The Kier molecular flexibility index (Phi) is 12.2. The molecule has 48 heavy (non-hydrogen) atoms. The molecule has 6 N–H and O–H groups in total. The predicted molar refractivity (Wildman–Crippen MR) is 181 cm³/mol. The Morgan fingerprint density at radius 3 is 2.38 bits per heavy atom. The number of imide groups is 1. The van der Waals surface area contributed by atoms with E-state index in [1.165, 1.54) is 4.90 Å². The van der Waals surface area contributed by atoms with Crippen LogP contribution in [0.5, 0.6) is 0 Å². The van der Waals surface area contributed by atoms with Gasteiger partial charge in [-0.3, -0.25) is 24.5 Å². The minimum atomic E-state index is -0.704. The highest BCUT2D eigenvalue weighted by atomic mass is 16.5. The van der Waals surface area contributed by atoms with Gasteiger partial charge in [0, 0.05) is 87.1 Å². The van der Waals surface area contributed by atoms with E-state index in [4.69, 9.17) is 10.5 Å². The van der Waals surface area contributed by atoms with E-state index in [1.807, 2.05) is 29.2 Å². The van der Waals surface area contributed by atoms with Gasteiger partial charge in [-0.2, -0.15) is 0 Å². The van der Waals surface area contributed by atoms with Crippen molar-refractivity contribution in [2.45, 2.75) is 51.1 Å². The minimum Gasteiger partial charge on any atom is -0.399 e. The summed E-state index contributed by atoms with van der Waals surface area (Å²) in [6.45, 7) is 5.82. The molecule has 1 atom stereocenters. The first-order valence-corrected chi connectivity index (χ1v) is 16.8. The van der Waals surface area contributed by atoms with Crippen molar-refractivity contribution in [3.05, 3.63) is 53.6 Å². The van der Waals surface area contributed by atoms with Crippen molar-refractivity contribution >= 4 is 46.7 Å². The lowest BCUT2D eigenvalue weighted by Gasteiger charge is -2.36. The number of amides is 6. The molecular formula is C34H46N8O6. The summed E-state index contributed by atoms with van der Waals surface area (Å²) in [4.78, 5) is 67.5. The smallest absolute Gasteiger partial charge is 0.317 e. The zero-order chi connectivity index (χ0) is 33.9. The zero-order valence-corrected chi connectivity index (χ0v) is 27.3. The monoisotopic (exact) mass is 662 g/mol. The van der Waals surface area contributed by atoms with E-state index >= 15 is 0 Å². The summed E-state index contributed by atoms with van der Waals surface area (Å²) in [5, 5.41) is 11.3. The number of fused-ring (bicyclic) bond motifs is 1. The molecule has 0 aliphatic carbocycles. The summed E-state index contributed by atoms with van der Waals surface area (Å²) in [7, 11) is 0. The van der Waals surface area contributed by atoms with Crippen LogP contribution in [0.4, 0.5) is 21.9 Å². The van der Waals surface area contributed by atoms with Gasteiger partial charge in [0.1, 0.15) is 6.04 Å². The number of ether oxygens (including phenoxy) is 1. The number of carbonyl (C=O) groups is 5. The maximum absolute atomic E-state index is 13.0. The number of piperidine rings is 1. The van der Waals surface area contributed by atoms with Crippen molar-refractivity contribution in [1.29, 1.82) is 0 Å². The fraction of sp³-hybridized carbons (Fsp3) is 0.500. The summed E-state index contributed by atoms with van der Waals surface area (Å²) in [5.74, 6) is -1.30. The lowest BCUT2D eigenvalue weighted by molar-refractivity contribution is -0.137. The lowest BCUT2D eigenvalue weighted by Crippen LogP contribution is -2.52. The first-order chi connectivity index (χ1) is 23.3. The maximum atomic E-state index is 13.0. The van der Waals surface area contributed by atoms with Crippen LogP contribution in [0.15, 0.2) is 42.5 Å². The molecule has 3 heterocycles. The van der Waals surface area contributed by atoms with E-state index in [2.05, 4.69) is 26.2 Å². The summed E-state index contributed by atoms with van der Waals surface area (Å²) in [6, 6.07) is 12.2. The van der Waals surface area contributed by atoms with Crippen molar-refractivity contribution in [2.75, 3.05) is 75.0 Å². The highest BCUT2D eigenvalue weighted by molar-refractivity contribution is 6.06. The maximum Gasteiger partial charge on any atom is 0.317 e. The van der Waals surface area contributed by atoms with Crippen molar-refractivity contribution in [2.24, 2.45) is 0 Å². The van der Waals surface area contributed by atoms with Gasteiger partial charge in [0.25, 0.3) is 5.91 Å². The van der Waals surface area contributed by atoms with Crippen LogP contribution < -0.4 is 31.9 Å². The molecule has 0 saturated carbocycles. The average molecular weight is 663 g/mol. The van der Waals surface area contributed by atoms with E-state index in [0.717, 1.165) is 50.1 Å². The second-order valence-corrected chi connectivity index (χ2v) is 12.3. The van der Waals surface area contributed by atoms with Crippen LogP contribution in [0.3, 0.4) is 0 Å². The fourth-order valence-electron chi connectivity index (χ4n) is 6.14. The van der Waals surface area contributed by atoms with Crippen LogP contribution in [0.25, 0.3) is 0 Å². The molecule has 258 valence electrons. The van der Waals surface area contributed by atoms with Gasteiger partial charge < -0.3 is 41.1 Å². The third kappa shape index (κ3) is 9.22. The Balaban J connectivity index is 0.867. The number of nitrogen functional groups attached to an aromatic ring is 1. The molecule has 5 rings (SSSR count). The number of hydrogen-bond donors (Lipinski definition) is 5. The zero-order valence-electron chi connectivity index (χ0n) is 27.3. The summed E-state index contributed by atoms with van der Waals surface area (Å²) in [6.07, 6.45) is 3.90. The topological polar surface area (TPSA) is 178 Å². The molecule has 6 amide bonds. The fourth-order valence-corrected chi connectivity index (χ4v) is 6.14. The van der Waals surface area contributed by atoms with Crippen molar-refractivity contribution < 1.29 is 28.7 Å². The van der Waals surface area contributed by atoms with Crippen molar-refractivity contribution in [3.8, 4) is 0 Å². The predicted octanol–water partition coefficient (Wildman–Crippen LogP) is 1.67. The van der Waals surface area contributed by atoms with Gasteiger partial charge in [-0.15, -0.1) is 0 Å². The molecule has 2 saturated heterocycles. The van der Waals surface area contributed by atoms with E-state index in [1.54, 1.807) is 18.2 Å². The van der Waals surface area contributed by atoms with E-state index < -0.39 is 11.9 Å². The number of hydrogen-bond acceptors (Lipinski definition) is 9. The lowest BCUT2D eigenvalue weighted by atomic mass is 10.0. The van der Waals surface area contributed by atoms with Gasteiger partial charge in [-0.05, 0) is 75.0 Å². The Bertz CT molecular complexity index is 1460. The Morgan fingerprint density at radius 1 is 0.917 bits per heavy atom. The molecule has 2 fully saturated rings. The molecule has 1 unspecified atom stereocenters. The molecule has 0 radical (unpaired) electrons. The quantitative estimate of drug-likeness (QED) is 0.108. The second-order valence-electron chi connectivity index (χ2n) is 12.3. The first-order valence-electron chi connectivity index (χ1n) is 16.8. The molecule has 2 aromatic carbocycles. The van der Waals surface area contributed by atoms with E-state index in [9.17, 15) is 24.0 Å². The van der Waals surface area contributed by atoms with Crippen LogP contribution in [0.1, 0.15) is 54.4 Å². The number of urea groups is 1. The van der Waals surface area contributed by atoms with Gasteiger partial charge in [-0.1, -0.05) is 6.07 Å². The van der Waals surface area contributed by atoms with E-state index in [-0.39, 0.29) is 49.7 Å². The third-order valence-corrected chi connectivity index (χ3v) is 8.85. The summed E-state index contributed by atoms with van der Waals surface area (Å²) >= 11 is 0. The highest BCUT2D eigenvalue weighted by Crippen LogP contribution is 2.32. The number of rotatable bonds is 15. The summed E-state index contributed by atoms with van der Waals surface area (Å²) < 4.78 is 5.72. The van der Waals surface area contributed by atoms with Crippen LogP contribution in [0, 0.1) is 0 Å². The van der Waals surface area contributed by atoms with Crippen LogP contribution in [-0.4, -0.2) is 105 Å². The van der Waals surface area contributed by atoms with Gasteiger partial charge in [-0.25, -0.2) is 4.79 Å². The molecule has 2 aromatic rings. The highest BCUT2D eigenvalue weighted by Gasteiger charge is 2.40. The number of nitrogens with two attached hydrogens (primary N) is 1. The van der Waals surface area contributed by atoms with E-state index in [0.29, 0.717) is 56.2 Å². The van der Waals surface area contributed by atoms with Crippen LogP contribution >= 0.6 is 0 Å². The van der Waals surface area contributed by atoms with Gasteiger partial charge in [0.2, 0.25) is 17.7 Å². The number of unbranched alkanes of at least 4 members (excludes halogenated alkanes) is 2. The van der Waals surface area contributed by atoms with Crippen LogP contribution in [-0.2, 0) is 25.7 Å². The third-order valence-electron chi connectivity index (χ3n) is 8.85. The Hall–Kier alpha value is -4.69. The van der Waals surface area contributed by atoms with Crippen molar-refractivity contribution in [3.63, 3.8) is 0 Å². The Labute approximate surface area is 280 Å². The molecule has 3 aliphatic heterocycles. The minimum absolute atomic E-state index is 0.0201. The number of nitrogens with zero attached hydrogens (tertiary/aromatic N) is 3. The SMILES string of the molecule is Nc1ccc(N2CCN(C(=O)NCCCCOCCCCNCC(=O)Nc3cccc4c3CN(C3CCC(=O)NC3=O)C4=O)CC2)cc1. The Morgan fingerprint density at radius 2 is 1.65 bits per heavy atom. The molecule has 14 heteroatoms. The molecule has 0 bridgehead atoms. The van der Waals surface area contributed by atoms with Crippen LogP contribution in [0.2, 0.25) is 0 Å². The normalized spacial score (nSPS) is 17.7. The second kappa shape index (κ2) is 16.9. The van der Waals surface area contributed by atoms with Gasteiger partial charge in [0.05, 0.1) is 6.54 Å². The molecule has 0 spiro atoms. The van der Waals surface area contributed by atoms with Gasteiger partial charge in [0.15, 0.2) is 0 Å². The number of carbonyl (C=O) groups excluding carboxylic acids is 5. The van der Waals surface area contributed by atoms with Gasteiger partial charge >= 0.3 is 6.03 Å². The number of piperazine rings is 1. The number of benzene rings is 2. The average Bonchev–Trinajstić information content (AvgIpc) is 3.42. The molecule has 3 aliphatic rings.